The zero-order valence-corrected chi connectivity index (χ0v) is 14.6. The molecule has 1 heterocycles. The molecule has 0 aliphatic carbocycles. The molecular weight excluding hydrogens is 367 g/mol. The van der Waals surface area contributed by atoms with Crippen molar-refractivity contribution >= 4 is 23.2 Å². The lowest BCUT2D eigenvalue weighted by molar-refractivity contribution is 0.493. The summed E-state index contributed by atoms with van der Waals surface area (Å²) >= 11 is 12.1. The van der Waals surface area contributed by atoms with Crippen LogP contribution >= 0.6 is 23.2 Å². The first kappa shape index (κ1) is 17.9. The highest BCUT2D eigenvalue weighted by Gasteiger charge is 2.15. The van der Waals surface area contributed by atoms with Crippen LogP contribution in [0.15, 0.2) is 48.8 Å². The first-order chi connectivity index (χ1) is 12.0. The zero-order chi connectivity index (χ0) is 17.8. The van der Waals surface area contributed by atoms with Gasteiger partial charge in [0, 0.05) is 29.0 Å². The molecule has 0 amide bonds. The summed E-state index contributed by atoms with van der Waals surface area (Å²) in [5.74, 6) is -0.992. The van der Waals surface area contributed by atoms with E-state index in [-0.39, 0.29) is 6.04 Å². The number of aromatic nitrogens is 2. The summed E-state index contributed by atoms with van der Waals surface area (Å²) in [6.07, 6.45) is 3.97. The number of hydrogen-bond donors (Lipinski definition) is 2. The number of aromatic amines is 1. The summed E-state index contributed by atoms with van der Waals surface area (Å²) in [6.45, 7) is 0.358. The van der Waals surface area contributed by atoms with E-state index in [0.29, 0.717) is 28.6 Å². The molecule has 1 unspecified atom stereocenters. The van der Waals surface area contributed by atoms with Crippen LogP contribution in [-0.2, 0) is 13.0 Å². The zero-order valence-electron chi connectivity index (χ0n) is 13.1. The van der Waals surface area contributed by atoms with Crippen molar-refractivity contribution in [2.45, 2.75) is 19.0 Å². The average molecular weight is 382 g/mol. The molecular formula is C18H15Cl2F2N3. The summed E-state index contributed by atoms with van der Waals surface area (Å²) in [4.78, 5) is 7.35. The van der Waals surface area contributed by atoms with Gasteiger partial charge in [0.2, 0.25) is 0 Å². The fourth-order valence-electron chi connectivity index (χ4n) is 2.59. The van der Waals surface area contributed by atoms with Crippen LogP contribution in [0.1, 0.15) is 23.0 Å². The van der Waals surface area contributed by atoms with E-state index in [0.717, 1.165) is 17.5 Å². The van der Waals surface area contributed by atoms with Crippen LogP contribution in [0.5, 0.6) is 0 Å². The minimum Gasteiger partial charge on any atom is -0.347 e. The fraction of sp³-hybridized carbons (Fsp3) is 0.167. The maximum absolute atomic E-state index is 13.4. The quantitative estimate of drug-likeness (QED) is 0.625. The van der Waals surface area contributed by atoms with E-state index in [1.165, 1.54) is 6.07 Å². The molecule has 3 rings (SSSR count). The van der Waals surface area contributed by atoms with Crippen molar-refractivity contribution in [2.24, 2.45) is 0 Å². The third-order valence-corrected chi connectivity index (χ3v) is 4.18. The van der Waals surface area contributed by atoms with Crippen molar-refractivity contribution in [3.8, 4) is 0 Å². The molecule has 0 aliphatic heterocycles. The highest BCUT2D eigenvalue weighted by atomic mass is 35.5. The minimum atomic E-state index is -0.865. The van der Waals surface area contributed by atoms with Crippen LogP contribution < -0.4 is 5.32 Å². The molecule has 2 aromatic carbocycles. The number of imidazole rings is 1. The molecule has 0 fully saturated rings. The SMILES string of the molecule is Fc1ccc(CNC(Cc2cc(Cl)cc(Cl)c2)c2ncc[nH]2)cc1F. The van der Waals surface area contributed by atoms with E-state index in [4.69, 9.17) is 23.2 Å². The standard InChI is InChI=1S/C18H15Cl2F2N3/c19-13-5-12(6-14(20)9-13)8-17(18-23-3-4-24-18)25-10-11-1-2-15(21)16(22)7-11/h1-7,9,17,25H,8,10H2,(H,23,24). The Hall–Kier alpha value is -1.95. The van der Waals surface area contributed by atoms with Crippen molar-refractivity contribution in [2.75, 3.05) is 0 Å². The van der Waals surface area contributed by atoms with Crippen molar-refractivity contribution in [1.29, 1.82) is 0 Å². The first-order valence-corrected chi connectivity index (χ1v) is 8.38. The molecule has 1 aromatic heterocycles. The highest BCUT2D eigenvalue weighted by molar-refractivity contribution is 6.34. The lowest BCUT2D eigenvalue weighted by Crippen LogP contribution is -2.24. The molecule has 2 N–H and O–H groups in total. The molecule has 0 radical (unpaired) electrons. The Bertz CT molecular complexity index is 833. The van der Waals surface area contributed by atoms with E-state index in [9.17, 15) is 8.78 Å². The molecule has 1 atom stereocenters. The molecule has 0 saturated carbocycles. The van der Waals surface area contributed by atoms with Gasteiger partial charge in [-0.25, -0.2) is 13.8 Å². The van der Waals surface area contributed by atoms with Gasteiger partial charge in [0.25, 0.3) is 0 Å². The average Bonchev–Trinajstić information content (AvgIpc) is 3.08. The Morgan fingerprint density at radius 3 is 2.40 bits per heavy atom. The Morgan fingerprint density at radius 2 is 1.76 bits per heavy atom. The largest absolute Gasteiger partial charge is 0.347 e. The second kappa shape index (κ2) is 7.95. The van der Waals surface area contributed by atoms with Gasteiger partial charge in [-0.2, -0.15) is 0 Å². The first-order valence-electron chi connectivity index (χ1n) is 7.63. The lowest BCUT2D eigenvalue weighted by Gasteiger charge is -2.17. The summed E-state index contributed by atoms with van der Waals surface area (Å²) in [5.41, 5.74) is 1.58. The maximum atomic E-state index is 13.4. The fourth-order valence-corrected chi connectivity index (χ4v) is 3.16. The van der Waals surface area contributed by atoms with E-state index >= 15 is 0 Å². The van der Waals surface area contributed by atoms with Gasteiger partial charge in [-0.15, -0.1) is 0 Å². The lowest BCUT2D eigenvalue weighted by atomic mass is 10.0. The minimum absolute atomic E-state index is 0.169. The third-order valence-electron chi connectivity index (χ3n) is 3.75. The van der Waals surface area contributed by atoms with Gasteiger partial charge in [-0.3, -0.25) is 0 Å². The molecule has 130 valence electrons. The number of hydrogen-bond acceptors (Lipinski definition) is 2. The highest BCUT2D eigenvalue weighted by Crippen LogP contribution is 2.23. The number of benzene rings is 2. The Labute approximate surface area is 154 Å². The number of H-pyrrole nitrogens is 1. The van der Waals surface area contributed by atoms with Crippen LogP contribution in [0.2, 0.25) is 10.0 Å². The van der Waals surface area contributed by atoms with Crippen LogP contribution in [0.3, 0.4) is 0 Å². The van der Waals surface area contributed by atoms with Gasteiger partial charge in [0.1, 0.15) is 5.82 Å². The molecule has 0 bridgehead atoms. The molecule has 0 spiro atoms. The monoisotopic (exact) mass is 381 g/mol. The molecule has 7 heteroatoms. The van der Waals surface area contributed by atoms with Gasteiger partial charge < -0.3 is 10.3 Å². The van der Waals surface area contributed by atoms with E-state index < -0.39 is 11.6 Å². The normalized spacial score (nSPS) is 12.3. The number of nitrogens with zero attached hydrogens (tertiary/aromatic N) is 1. The molecule has 3 aromatic rings. The number of halogens is 4. The van der Waals surface area contributed by atoms with Crippen LogP contribution in [-0.4, -0.2) is 9.97 Å². The number of nitrogens with one attached hydrogen (secondary N) is 2. The van der Waals surface area contributed by atoms with E-state index in [2.05, 4.69) is 15.3 Å². The predicted molar refractivity (Wildman–Crippen MR) is 94.7 cm³/mol. The van der Waals surface area contributed by atoms with Crippen molar-refractivity contribution < 1.29 is 8.78 Å². The second-order valence-corrected chi connectivity index (χ2v) is 6.51. The summed E-state index contributed by atoms with van der Waals surface area (Å²) in [5, 5.41) is 4.42. The summed E-state index contributed by atoms with van der Waals surface area (Å²) < 4.78 is 26.4. The Balaban J connectivity index is 1.77. The molecule has 3 nitrogen and oxygen atoms in total. The van der Waals surface area contributed by atoms with Gasteiger partial charge in [0.05, 0.1) is 6.04 Å². The predicted octanol–water partition coefficient (Wildman–Crippen LogP) is 5.07. The van der Waals surface area contributed by atoms with Gasteiger partial charge >= 0.3 is 0 Å². The summed E-state index contributed by atoms with van der Waals surface area (Å²) in [6, 6.07) is 9.01. The maximum Gasteiger partial charge on any atom is 0.159 e. The van der Waals surface area contributed by atoms with Gasteiger partial charge in [-0.05, 0) is 47.9 Å². The van der Waals surface area contributed by atoms with Gasteiger partial charge in [0.15, 0.2) is 11.6 Å². The molecule has 0 saturated heterocycles. The Morgan fingerprint density at radius 1 is 1.00 bits per heavy atom. The van der Waals surface area contributed by atoms with Crippen LogP contribution in [0, 0.1) is 11.6 Å². The smallest absolute Gasteiger partial charge is 0.159 e. The van der Waals surface area contributed by atoms with Crippen molar-refractivity contribution in [3.05, 3.63) is 87.4 Å². The second-order valence-electron chi connectivity index (χ2n) is 5.64. The third kappa shape index (κ3) is 4.78. The van der Waals surface area contributed by atoms with E-state index in [1.54, 1.807) is 24.5 Å². The Kier molecular flexibility index (Phi) is 5.68. The van der Waals surface area contributed by atoms with E-state index in [1.807, 2.05) is 12.1 Å². The molecule has 0 aliphatic rings. The van der Waals surface area contributed by atoms with Crippen LogP contribution in [0.4, 0.5) is 8.78 Å². The van der Waals surface area contributed by atoms with Gasteiger partial charge in [-0.1, -0.05) is 29.3 Å². The topological polar surface area (TPSA) is 40.7 Å². The molecule has 25 heavy (non-hydrogen) atoms. The summed E-state index contributed by atoms with van der Waals surface area (Å²) in [7, 11) is 0. The van der Waals surface area contributed by atoms with Crippen LogP contribution in [0.25, 0.3) is 0 Å². The number of rotatable bonds is 6. The van der Waals surface area contributed by atoms with Crippen molar-refractivity contribution in [1.82, 2.24) is 15.3 Å². The van der Waals surface area contributed by atoms with Crippen molar-refractivity contribution in [3.63, 3.8) is 0 Å².